The molecular formula is C23H26N4O. The Morgan fingerprint density at radius 3 is 2.46 bits per heavy atom. The third kappa shape index (κ3) is 4.30. The fraction of sp³-hybridized carbons (Fsp3) is 0.348. The predicted octanol–water partition coefficient (Wildman–Crippen LogP) is 4.23. The highest BCUT2D eigenvalue weighted by Gasteiger charge is 2.21. The number of aryl methyl sites for hydroxylation is 1. The second-order valence-electron chi connectivity index (χ2n) is 7.57. The first-order valence-electron chi connectivity index (χ1n) is 10.1. The first-order chi connectivity index (χ1) is 13.7. The molecule has 1 fully saturated rings. The minimum Gasteiger partial charge on any atom is -0.347 e. The summed E-state index contributed by atoms with van der Waals surface area (Å²) in [4.78, 5) is 17.4. The topological polar surface area (TPSA) is 59.8 Å². The number of nitrogens with one attached hydrogen (secondary N) is 1. The standard InChI is InChI=1S/C23H26N4O/c1-17-12-14-20(15-13-17)27-21(16-18-8-4-2-5-9-18)25-22(26-27)23(28)24-19-10-6-3-7-11-19/h2,4-5,8-9,12-15,19H,3,6-7,10-11,16H2,1H3,(H,24,28). The van der Waals surface area contributed by atoms with Crippen molar-refractivity contribution in [1.82, 2.24) is 20.1 Å². The van der Waals surface area contributed by atoms with Crippen LogP contribution >= 0.6 is 0 Å². The molecule has 3 aromatic rings. The molecule has 0 atom stereocenters. The van der Waals surface area contributed by atoms with Crippen molar-refractivity contribution in [2.24, 2.45) is 0 Å². The van der Waals surface area contributed by atoms with Crippen LogP contribution in [0.25, 0.3) is 5.69 Å². The summed E-state index contributed by atoms with van der Waals surface area (Å²) in [6.45, 7) is 2.05. The number of hydrogen-bond acceptors (Lipinski definition) is 3. The van der Waals surface area contributed by atoms with Crippen molar-refractivity contribution in [1.29, 1.82) is 0 Å². The van der Waals surface area contributed by atoms with Gasteiger partial charge in [-0.1, -0.05) is 67.3 Å². The maximum Gasteiger partial charge on any atom is 0.291 e. The number of rotatable bonds is 5. The second-order valence-corrected chi connectivity index (χ2v) is 7.57. The Hall–Kier alpha value is -2.95. The molecule has 2 aromatic carbocycles. The first kappa shape index (κ1) is 18.4. The molecule has 1 heterocycles. The lowest BCUT2D eigenvalue weighted by Crippen LogP contribution is -2.36. The van der Waals surface area contributed by atoms with Gasteiger partial charge in [0.1, 0.15) is 5.82 Å². The van der Waals surface area contributed by atoms with Gasteiger partial charge in [-0.3, -0.25) is 4.79 Å². The third-order valence-electron chi connectivity index (χ3n) is 5.30. The molecule has 0 spiro atoms. The lowest BCUT2D eigenvalue weighted by atomic mass is 9.95. The van der Waals surface area contributed by atoms with Crippen LogP contribution in [0.1, 0.15) is 59.7 Å². The van der Waals surface area contributed by atoms with Crippen LogP contribution in [0.5, 0.6) is 0 Å². The molecule has 0 bridgehead atoms. The molecule has 0 unspecified atom stereocenters. The normalized spacial score (nSPS) is 14.8. The van der Waals surface area contributed by atoms with Gasteiger partial charge < -0.3 is 5.32 Å². The van der Waals surface area contributed by atoms with E-state index in [9.17, 15) is 4.79 Å². The van der Waals surface area contributed by atoms with Crippen LogP contribution in [0.4, 0.5) is 0 Å². The third-order valence-corrected chi connectivity index (χ3v) is 5.30. The van der Waals surface area contributed by atoms with Gasteiger partial charge in [-0.2, -0.15) is 0 Å². The molecular weight excluding hydrogens is 348 g/mol. The highest BCUT2D eigenvalue weighted by Crippen LogP contribution is 2.18. The number of benzene rings is 2. The molecule has 4 rings (SSSR count). The van der Waals surface area contributed by atoms with Gasteiger partial charge in [0, 0.05) is 12.5 Å². The SMILES string of the molecule is Cc1ccc(-n2nc(C(=O)NC3CCCCC3)nc2Cc2ccccc2)cc1. The van der Waals surface area contributed by atoms with Gasteiger partial charge in [0.2, 0.25) is 5.82 Å². The summed E-state index contributed by atoms with van der Waals surface area (Å²) in [6, 6.07) is 18.5. The zero-order chi connectivity index (χ0) is 19.3. The Morgan fingerprint density at radius 1 is 1.04 bits per heavy atom. The smallest absolute Gasteiger partial charge is 0.291 e. The van der Waals surface area contributed by atoms with Gasteiger partial charge in [-0.15, -0.1) is 5.10 Å². The fourth-order valence-corrected chi connectivity index (χ4v) is 3.72. The highest BCUT2D eigenvalue weighted by atomic mass is 16.2. The van der Waals surface area contributed by atoms with Gasteiger partial charge in [-0.05, 0) is 37.5 Å². The summed E-state index contributed by atoms with van der Waals surface area (Å²) in [6.07, 6.45) is 6.32. The zero-order valence-corrected chi connectivity index (χ0v) is 16.3. The molecule has 5 heteroatoms. The molecule has 0 radical (unpaired) electrons. The maximum absolute atomic E-state index is 12.8. The van der Waals surface area contributed by atoms with Crippen LogP contribution in [-0.4, -0.2) is 26.7 Å². The van der Waals surface area contributed by atoms with Crippen molar-refractivity contribution in [3.63, 3.8) is 0 Å². The van der Waals surface area contributed by atoms with E-state index >= 15 is 0 Å². The van der Waals surface area contributed by atoms with E-state index in [0.717, 1.165) is 29.9 Å². The van der Waals surface area contributed by atoms with Gasteiger partial charge in [-0.25, -0.2) is 9.67 Å². The number of carbonyl (C=O) groups is 1. The molecule has 1 saturated carbocycles. The van der Waals surface area contributed by atoms with Crippen molar-refractivity contribution < 1.29 is 4.79 Å². The summed E-state index contributed by atoms with van der Waals surface area (Å²) < 4.78 is 1.79. The van der Waals surface area contributed by atoms with Crippen LogP contribution < -0.4 is 5.32 Å². The minimum absolute atomic E-state index is 0.174. The maximum atomic E-state index is 12.8. The quantitative estimate of drug-likeness (QED) is 0.727. The van der Waals surface area contributed by atoms with Gasteiger partial charge in [0.25, 0.3) is 5.91 Å². The summed E-state index contributed by atoms with van der Waals surface area (Å²) in [5.74, 6) is 0.841. The minimum atomic E-state index is -0.174. The first-order valence-corrected chi connectivity index (χ1v) is 10.1. The largest absolute Gasteiger partial charge is 0.347 e. The molecule has 1 amide bonds. The summed E-state index contributed by atoms with van der Waals surface area (Å²) in [5, 5.41) is 7.69. The highest BCUT2D eigenvalue weighted by molar-refractivity contribution is 5.90. The molecule has 0 aliphatic heterocycles. The number of nitrogens with zero attached hydrogens (tertiary/aromatic N) is 3. The lowest BCUT2D eigenvalue weighted by Gasteiger charge is -2.21. The Morgan fingerprint density at radius 2 is 1.75 bits per heavy atom. The van der Waals surface area contributed by atoms with E-state index in [1.165, 1.54) is 24.8 Å². The van der Waals surface area contributed by atoms with Gasteiger partial charge in [0.05, 0.1) is 5.69 Å². The molecule has 1 N–H and O–H groups in total. The number of aromatic nitrogens is 3. The van der Waals surface area contributed by atoms with E-state index in [0.29, 0.717) is 6.42 Å². The van der Waals surface area contributed by atoms with Gasteiger partial charge >= 0.3 is 0 Å². The molecule has 1 aromatic heterocycles. The summed E-state index contributed by atoms with van der Waals surface area (Å²) in [5.41, 5.74) is 3.24. The van der Waals surface area contributed by atoms with Crippen molar-refractivity contribution in [3.05, 3.63) is 77.4 Å². The average Bonchev–Trinajstić information content (AvgIpc) is 3.14. The Kier molecular flexibility index (Phi) is 5.51. The Labute approximate surface area is 165 Å². The van der Waals surface area contributed by atoms with E-state index in [4.69, 9.17) is 0 Å². The molecule has 1 aliphatic carbocycles. The van der Waals surface area contributed by atoms with Crippen molar-refractivity contribution in [2.75, 3.05) is 0 Å². The van der Waals surface area contributed by atoms with Crippen molar-refractivity contribution in [2.45, 2.75) is 51.5 Å². The molecule has 5 nitrogen and oxygen atoms in total. The monoisotopic (exact) mass is 374 g/mol. The zero-order valence-electron chi connectivity index (χ0n) is 16.3. The molecule has 1 aliphatic rings. The van der Waals surface area contributed by atoms with Crippen LogP contribution in [-0.2, 0) is 6.42 Å². The molecule has 0 saturated heterocycles. The second kappa shape index (κ2) is 8.38. The Bertz CT molecular complexity index is 925. The van der Waals surface area contributed by atoms with E-state index in [-0.39, 0.29) is 17.8 Å². The van der Waals surface area contributed by atoms with E-state index in [2.05, 4.69) is 34.5 Å². The van der Waals surface area contributed by atoms with Crippen molar-refractivity contribution in [3.8, 4) is 5.69 Å². The average molecular weight is 374 g/mol. The van der Waals surface area contributed by atoms with Crippen LogP contribution in [0.2, 0.25) is 0 Å². The number of carbonyl (C=O) groups excluding carboxylic acids is 1. The predicted molar refractivity (Wildman–Crippen MR) is 110 cm³/mol. The number of amides is 1. The van der Waals surface area contributed by atoms with Crippen molar-refractivity contribution >= 4 is 5.91 Å². The summed E-state index contributed by atoms with van der Waals surface area (Å²) in [7, 11) is 0. The Balaban J connectivity index is 1.63. The van der Waals surface area contributed by atoms with E-state index < -0.39 is 0 Å². The van der Waals surface area contributed by atoms with E-state index in [1.807, 2.05) is 42.5 Å². The number of hydrogen-bond donors (Lipinski definition) is 1. The van der Waals surface area contributed by atoms with Crippen LogP contribution in [0.15, 0.2) is 54.6 Å². The van der Waals surface area contributed by atoms with Gasteiger partial charge in [0.15, 0.2) is 0 Å². The lowest BCUT2D eigenvalue weighted by molar-refractivity contribution is 0.0917. The van der Waals surface area contributed by atoms with Crippen LogP contribution in [0.3, 0.4) is 0 Å². The van der Waals surface area contributed by atoms with Crippen LogP contribution in [0, 0.1) is 6.92 Å². The molecule has 144 valence electrons. The van der Waals surface area contributed by atoms with E-state index in [1.54, 1.807) is 4.68 Å². The summed E-state index contributed by atoms with van der Waals surface area (Å²) >= 11 is 0. The fourth-order valence-electron chi connectivity index (χ4n) is 3.72. The molecule has 28 heavy (non-hydrogen) atoms.